The van der Waals surface area contributed by atoms with Gasteiger partial charge in [0.25, 0.3) is 0 Å². The van der Waals surface area contributed by atoms with Gasteiger partial charge in [-0.3, -0.25) is 9.69 Å². The topological polar surface area (TPSA) is 23.6 Å². The first-order valence-corrected chi connectivity index (χ1v) is 6.43. The third-order valence-corrected chi connectivity index (χ3v) is 2.99. The number of carbonyl (C=O) groups excluding carboxylic acids is 1. The Morgan fingerprint density at radius 2 is 1.81 bits per heavy atom. The fourth-order valence-electron chi connectivity index (χ4n) is 1.91. The van der Waals surface area contributed by atoms with Gasteiger partial charge in [-0.2, -0.15) is 0 Å². The van der Waals surface area contributed by atoms with Crippen LogP contribution in [0.3, 0.4) is 0 Å². The van der Waals surface area contributed by atoms with E-state index < -0.39 is 0 Å². The molecule has 1 amide bonds. The zero-order valence-corrected chi connectivity index (χ0v) is 10.6. The van der Waals surface area contributed by atoms with Crippen LogP contribution in [0.1, 0.15) is 52.4 Å². The van der Waals surface area contributed by atoms with Gasteiger partial charge in [0.1, 0.15) is 0 Å². The Morgan fingerprint density at radius 1 is 1.12 bits per heavy atom. The van der Waals surface area contributed by atoms with Crippen LogP contribution in [0.4, 0.5) is 0 Å². The lowest BCUT2D eigenvalue weighted by atomic mass is 10.1. The van der Waals surface area contributed by atoms with E-state index in [4.69, 9.17) is 0 Å². The van der Waals surface area contributed by atoms with Gasteiger partial charge < -0.3 is 4.90 Å². The van der Waals surface area contributed by atoms with E-state index in [0.717, 1.165) is 13.2 Å². The average Bonchev–Trinajstić information content (AvgIpc) is 2.72. The molecule has 0 fully saturated rings. The number of unbranched alkanes of at least 4 members (excludes halogenated alkanes) is 5. The lowest BCUT2D eigenvalue weighted by Crippen LogP contribution is -2.29. The fraction of sp³-hybridized carbons (Fsp3) is 0.769. The summed E-state index contributed by atoms with van der Waals surface area (Å²) in [6, 6.07) is 0. The first-order chi connectivity index (χ1) is 7.74. The maximum Gasteiger partial charge on any atom is 0.224 e. The van der Waals surface area contributed by atoms with Crippen molar-refractivity contribution in [2.45, 2.75) is 52.4 Å². The van der Waals surface area contributed by atoms with Crippen molar-refractivity contribution in [3.05, 3.63) is 12.4 Å². The Kier molecular flexibility index (Phi) is 5.98. The van der Waals surface area contributed by atoms with E-state index in [0.29, 0.717) is 0 Å². The van der Waals surface area contributed by atoms with Crippen molar-refractivity contribution in [1.29, 1.82) is 0 Å². The van der Waals surface area contributed by atoms with Gasteiger partial charge in [0, 0.05) is 25.9 Å². The molecule has 3 heteroatoms. The normalized spacial score (nSPS) is 14.9. The number of rotatable bonds is 7. The summed E-state index contributed by atoms with van der Waals surface area (Å²) in [6.07, 6.45) is 11.8. The quantitative estimate of drug-likeness (QED) is 0.621. The minimum atomic E-state index is 0.127. The minimum Gasteiger partial charge on any atom is -0.358 e. The Balaban J connectivity index is 1.99. The molecule has 0 aromatic heterocycles. The van der Waals surface area contributed by atoms with E-state index in [1.54, 1.807) is 11.8 Å². The summed E-state index contributed by atoms with van der Waals surface area (Å²) in [5.74, 6) is 0.127. The Bertz CT molecular complexity index is 238. The van der Waals surface area contributed by atoms with Crippen molar-refractivity contribution >= 4 is 5.91 Å². The number of carbonyl (C=O) groups is 1. The summed E-state index contributed by atoms with van der Waals surface area (Å²) in [5, 5.41) is 0. The van der Waals surface area contributed by atoms with Gasteiger partial charge in [-0.1, -0.05) is 39.0 Å². The molecular formula is C13H24N2O. The molecule has 0 aromatic rings. The molecular weight excluding hydrogens is 200 g/mol. The van der Waals surface area contributed by atoms with Gasteiger partial charge in [0.05, 0.1) is 6.67 Å². The molecule has 0 radical (unpaired) electrons. The van der Waals surface area contributed by atoms with Gasteiger partial charge >= 0.3 is 0 Å². The molecule has 0 unspecified atom stereocenters. The van der Waals surface area contributed by atoms with Crippen molar-refractivity contribution in [3.63, 3.8) is 0 Å². The molecule has 16 heavy (non-hydrogen) atoms. The van der Waals surface area contributed by atoms with Crippen LogP contribution in [0.2, 0.25) is 0 Å². The third-order valence-electron chi connectivity index (χ3n) is 2.99. The maximum absolute atomic E-state index is 11.1. The minimum absolute atomic E-state index is 0.127. The van der Waals surface area contributed by atoms with Crippen LogP contribution in [-0.4, -0.2) is 28.9 Å². The number of amides is 1. The Morgan fingerprint density at radius 3 is 2.44 bits per heavy atom. The zero-order valence-electron chi connectivity index (χ0n) is 10.6. The number of hydrogen-bond acceptors (Lipinski definition) is 2. The highest BCUT2D eigenvalue weighted by Crippen LogP contribution is 2.10. The summed E-state index contributed by atoms with van der Waals surface area (Å²) in [7, 11) is 0. The molecule has 0 saturated carbocycles. The second-order valence-electron chi connectivity index (χ2n) is 4.51. The van der Waals surface area contributed by atoms with Gasteiger partial charge in [0.15, 0.2) is 0 Å². The zero-order chi connectivity index (χ0) is 11.8. The molecule has 0 atom stereocenters. The maximum atomic E-state index is 11.1. The molecule has 0 saturated heterocycles. The van der Waals surface area contributed by atoms with E-state index in [-0.39, 0.29) is 5.91 Å². The first kappa shape index (κ1) is 13.1. The van der Waals surface area contributed by atoms with Crippen molar-refractivity contribution in [2.24, 2.45) is 0 Å². The van der Waals surface area contributed by atoms with Crippen LogP contribution in [-0.2, 0) is 4.79 Å². The SMILES string of the molecule is CCCCCCCCN1C=CN(C(C)=O)C1. The fourth-order valence-corrected chi connectivity index (χ4v) is 1.91. The van der Waals surface area contributed by atoms with Crippen LogP contribution < -0.4 is 0 Å². The molecule has 1 rings (SSSR count). The van der Waals surface area contributed by atoms with E-state index in [1.807, 2.05) is 12.4 Å². The first-order valence-electron chi connectivity index (χ1n) is 6.43. The lowest BCUT2D eigenvalue weighted by Gasteiger charge is -2.18. The summed E-state index contributed by atoms with van der Waals surface area (Å²) < 4.78 is 0. The summed E-state index contributed by atoms with van der Waals surface area (Å²) in [4.78, 5) is 15.0. The average molecular weight is 224 g/mol. The lowest BCUT2D eigenvalue weighted by molar-refractivity contribution is -0.126. The number of hydrogen-bond donors (Lipinski definition) is 0. The second-order valence-corrected chi connectivity index (χ2v) is 4.51. The second kappa shape index (κ2) is 7.31. The predicted octanol–water partition coefficient (Wildman–Crippen LogP) is 2.94. The standard InChI is InChI=1S/C13H24N2O/c1-3-4-5-6-7-8-9-14-10-11-15(12-14)13(2)16/h10-11H,3-9,12H2,1-2H3. The number of nitrogens with zero attached hydrogens (tertiary/aromatic N) is 2. The predicted molar refractivity (Wildman–Crippen MR) is 66.6 cm³/mol. The van der Waals surface area contributed by atoms with Gasteiger partial charge in [-0.05, 0) is 6.42 Å². The largest absolute Gasteiger partial charge is 0.358 e. The molecule has 3 nitrogen and oxygen atoms in total. The molecule has 92 valence electrons. The molecule has 1 heterocycles. The van der Waals surface area contributed by atoms with Crippen molar-refractivity contribution in [1.82, 2.24) is 9.80 Å². The van der Waals surface area contributed by atoms with Crippen LogP contribution in [0.5, 0.6) is 0 Å². The van der Waals surface area contributed by atoms with Gasteiger partial charge in [-0.15, -0.1) is 0 Å². The van der Waals surface area contributed by atoms with E-state index in [9.17, 15) is 4.79 Å². The van der Waals surface area contributed by atoms with E-state index in [2.05, 4.69) is 11.8 Å². The molecule has 1 aliphatic rings. The molecule has 1 aliphatic heterocycles. The summed E-state index contributed by atoms with van der Waals surface area (Å²) >= 11 is 0. The summed E-state index contributed by atoms with van der Waals surface area (Å²) in [6.45, 7) is 5.67. The summed E-state index contributed by atoms with van der Waals surface area (Å²) in [5.41, 5.74) is 0. The molecule has 0 aromatic carbocycles. The Hall–Kier alpha value is -0.990. The van der Waals surface area contributed by atoms with Crippen LogP contribution in [0, 0.1) is 0 Å². The molecule has 0 spiro atoms. The van der Waals surface area contributed by atoms with Crippen LogP contribution >= 0.6 is 0 Å². The Labute approximate surface area is 99.1 Å². The van der Waals surface area contributed by atoms with Crippen LogP contribution in [0.15, 0.2) is 12.4 Å². The highest BCUT2D eigenvalue weighted by atomic mass is 16.2. The highest BCUT2D eigenvalue weighted by Gasteiger charge is 2.14. The van der Waals surface area contributed by atoms with E-state index >= 15 is 0 Å². The van der Waals surface area contributed by atoms with E-state index in [1.165, 1.54) is 38.5 Å². The molecule has 0 aliphatic carbocycles. The van der Waals surface area contributed by atoms with Gasteiger partial charge in [-0.25, -0.2) is 0 Å². The van der Waals surface area contributed by atoms with Crippen LogP contribution in [0.25, 0.3) is 0 Å². The molecule has 0 N–H and O–H groups in total. The van der Waals surface area contributed by atoms with Crippen molar-refractivity contribution < 1.29 is 4.79 Å². The highest BCUT2D eigenvalue weighted by molar-refractivity contribution is 5.74. The monoisotopic (exact) mass is 224 g/mol. The van der Waals surface area contributed by atoms with Crippen molar-refractivity contribution in [3.8, 4) is 0 Å². The van der Waals surface area contributed by atoms with Crippen molar-refractivity contribution in [2.75, 3.05) is 13.2 Å². The molecule has 0 bridgehead atoms. The van der Waals surface area contributed by atoms with Gasteiger partial charge in [0.2, 0.25) is 5.91 Å². The smallest absolute Gasteiger partial charge is 0.224 e. The third kappa shape index (κ3) is 4.69.